The Morgan fingerprint density at radius 2 is 2.27 bits per heavy atom. The van der Waals surface area contributed by atoms with Gasteiger partial charge in [0.2, 0.25) is 5.89 Å². The van der Waals surface area contributed by atoms with Gasteiger partial charge in [-0.05, 0) is 25.0 Å². The van der Waals surface area contributed by atoms with Crippen molar-refractivity contribution < 1.29 is 9.32 Å². The number of anilines is 1. The number of hydrogen-bond acceptors (Lipinski definition) is 5. The van der Waals surface area contributed by atoms with E-state index in [9.17, 15) is 4.79 Å². The molecule has 7 heteroatoms. The number of hydrogen-bond donors (Lipinski definition) is 1. The number of aromatic nitrogens is 3. The first-order valence-corrected chi connectivity index (χ1v) is 7.53. The van der Waals surface area contributed by atoms with Gasteiger partial charge in [-0.15, -0.1) is 0 Å². The van der Waals surface area contributed by atoms with Crippen molar-refractivity contribution >= 4 is 11.8 Å². The molecule has 2 amide bonds. The Morgan fingerprint density at radius 1 is 1.36 bits per heavy atom. The number of pyridine rings is 1. The average molecular weight is 301 g/mol. The average Bonchev–Trinajstić information content (AvgIpc) is 2.81. The van der Waals surface area contributed by atoms with Crippen molar-refractivity contribution in [2.75, 3.05) is 11.9 Å². The summed E-state index contributed by atoms with van der Waals surface area (Å²) in [5.41, 5.74) is 0. The minimum absolute atomic E-state index is 0.149. The van der Waals surface area contributed by atoms with Crippen molar-refractivity contribution in [3.63, 3.8) is 0 Å². The predicted octanol–water partition coefficient (Wildman–Crippen LogP) is 2.92. The molecule has 0 saturated carbocycles. The summed E-state index contributed by atoms with van der Waals surface area (Å²) in [7, 11) is 0. The van der Waals surface area contributed by atoms with Crippen molar-refractivity contribution in [2.45, 2.75) is 38.6 Å². The number of aryl methyl sites for hydroxylation is 1. The van der Waals surface area contributed by atoms with E-state index in [0.29, 0.717) is 24.1 Å². The summed E-state index contributed by atoms with van der Waals surface area (Å²) in [6.07, 6.45) is 5.61. The van der Waals surface area contributed by atoms with Crippen LogP contribution in [-0.2, 0) is 0 Å². The van der Waals surface area contributed by atoms with Crippen molar-refractivity contribution in [3.8, 4) is 0 Å². The fourth-order valence-corrected chi connectivity index (χ4v) is 2.69. The van der Waals surface area contributed by atoms with Gasteiger partial charge in [0.15, 0.2) is 5.82 Å². The predicted molar refractivity (Wildman–Crippen MR) is 80.2 cm³/mol. The molecule has 0 radical (unpaired) electrons. The summed E-state index contributed by atoms with van der Waals surface area (Å²) in [5.74, 6) is 1.64. The Balaban J connectivity index is 1.79. The van der Waals surface area contributed by atoms with Gasteiger partial charge in [-0.3, -0.25) is 5.32 Å². The minimum atomic E-state index is -0.173. The van der Waals surface area contributed by atoms with Gasteiger partial charge in [0.25, 0.3) is 0 Å². The lowest BCUT2D eigenvalue weighted by molar-refractivity contribution is 0.184. The molecular weight excluding hydrogens is 282 g/mol. The van der Waals surface area contributed by atoms with E-state index in [-0.39, 0.29) is 12.1 Å². The van der Waals surface area contributed by atoms with E-state index in [2.05, 4.69) is 20.4 Å². The molecule has 22 heavy (non-hydrogen) atoms. The number of carbonyl (C=O) groups excluding carboxylic acids is 1. The molecule has 1 aliphatic rings. The normalized spacial score (nSPS) is 18.8. The first-order chi connectivity index (χ1) is 10.7. The van der Waals surface area contributed by atoms with Crippen LogP contribution in [0, 0.1) is 6.92 Å². The number of likely N-dealkylation sites (tertiary alicyclic amines) is 1. The number of amides is 2. The zero-order valence-corrected chi connectivity index (χ0v) is 12.5. The van der Waals surface area contributed by atoms with E-state index in [1.807, 2.05) is 12.1 Å². The van der Waals surface area contributed by atoms with Gasteiger partial charge in [0.05, 0.1) is 6.04 Å². The molecular formula is C15H19N5O2. The highest BCUT2D eigenvalue weighted by Crippen LogP contribution is 2.28. The van der Waals surface area contributed by atoms with Gasteiger partial charge < -0.3 is 9.42 Å². The summed E-state index contributed by atoms with van der Waals surface area (Å²) in [4.78, 5) is 22.8. The van der Waals surface area contributed by atoms with Crippen molar-refractivity contribution in [2.24, 2.45) is 0 Å². The molecule has 1 atom stereocenters. The van der Waals surface area contributed by atoms with Gasteiger partial charge in [0.1, 0.15) is 5.82 Å². The van der Waals surface area contributed by atoms with Crippen molar-refractivity contribution in [1.29, 1.82) is 0 Å². The molecule has 1 saturated heterocycles. The van der Waals surface area contributed by atoms with Crippen LogP contribution in [0.15, 0.2) is 28.9 Å². The van der Waals surface area contributed by atoms with Crippen LogP contribution in [0.3, 0.4) is 0 Å². The highest BCUT2D eigenvalue weighted by atomic mass is 16.5. The van der Waals surface area contributed by atoms with Crippen LogP contribution in [0.25, 0.3) is 0 Å². The molecule has 0 aliphatic carbocycles. The second-order valence-corrected chi connectivity index (χ2v) is 5.38. The van der Waals surface area contributed by atoms with Gasteiger partial charge in [0, 0.05) is 19.7 Å². The minimum Gasteiger partial charge on any atom is -0.340 e. The number of rotatable bonds is 2. The monoisotopic (exact) mass is 301 g/mol. The van der Waals surface area contributed by atoms with Gasteiger partial charge in [-0.25, -0.2) is 9.78 Å². The fourth-order valence-electron chi connectivity index (χ4n) is 2.69. The molecule has 1 fully saturated rings. The van der Waals surface area contributed by atoms with Gasteiger partial charge in [-0.2, -0.15) is 4.98 Å². The van der Waals surface area contributed by atoms with Crippen LogP contribution < -0.4 is 5.32 Å². The lowest BCUT2D eigenvalue weighted by atomic mass is 10.1. The Kier molecular flexibility index (Phi) is 4.32. The van der Waals surface area contributed by atoms with Gasteiger partial charge >= 0.3 is 6.03 Å². The van der Waals surface area contributed by atoms with Crippen LogP contribution in [-0.4, -0.2) is 32.6 Å². The number of carbonyl (C=O) groups is 1. The third kappa shape index (κ3) is 3.24. The van der Waals surface area contributed by atoms with Crippen LogP contribution in [0.1, 0.15) is 43.4 Å². The van der Waals surface area contributed by atoms with Crippen LogP contribution in [0.5, 0.6) is 0 Å². The summed E-state index contributed by atoms with van der Waals surface area (Å²) >= 11 is 0. The molecule has 1 unspecified atom stereocenters. The Bertz CT molecular complexity index is 628. The molecule has 1 aliphatic heterocycles. The zero-order valence-electron chi connectivity index (χ0n) is 12.5. The molecule has 0 bridgehead atoms. The van der Waals surface area contributed by atoms with E-state index in [0.717, 1.165) is 25.7 Å². The largest absolute Gasteiger partial charge is 0.340 e. The molecule has 3 rings (SSSR count). The molecule has 2 aromatic heterocycles. The van der Waals surface area contributed by atoms with Gasteiger partial charge in [-0.1, -0.05) is 24.1 Å². The van der Waals surface area contributed by atoms with Crippen molar-refractivity contribution in [3.05, 3.63) is 36.1 Å². The molecule has 3 heterocycles. The standard InChI is InChI=1S/C15H19N5O2/c1-11-17-14(19-22-11)12-7-3-2-6-10-20(12)15(21)18-13-8-4-5-9-16-13/h4-5,8-9,12H,2-3,6-7,10H2,1H3,(H,16,18,21). The maximum absolute atomic E-state index is 12.6. The van der Waals surface area contributed by atoms with Crippen LogP contribution in [0.2, 0.25) is 0 Å². The van der Waals surface area contributed by atoms with E-state index < -0.39 is 0 Å². The Morgan fingerprint density at radius 3 is 3.00 bits per heavy atom. The lowest BCUT2D eigenvalue weighted by Crippen LogP contribution is -2.38. The van der Waals surface area contributed by atoms with Crippen LogP contribution >= 0.6 is 0 Å². The molecule has 7 nitrogen and oxygen atoms in total. The summed E-state index contributed by atoms with van der Waals surface area (Å²) in [6.45, 7) is 2.43. The molecule has 0 spiro atoms. The number of nitrogens with zero attached hydrogens (tertiary/aromatic N) is 4. The Hall–Kier alpha value is -2.44. The highest BCUT2D eigenvalue weighted by Gasteiger charge is 2.30. The molecule has 0 aromatic carbocycles. The quantitative estimate of drug-likeness (QED) is 0.922. The summed E-state index contributed by atoms with van der Waals surface area (Å²) in [6, 6.07) is 5.09. The second kappa shape index (κ2) is 6.55. The highest BCUT2D eigenvalue weighted by molar-refractivity contribution is 5.88. The number of urea groups is 1. The maximum atomic E-state index is 12.6. The topological polar surface area (TPSA) is 84.2 Å². The maximum Gasteiger partial charge on any atom is 0.323 e. The first-order valence-electron chi connectivity index (χ1n) is 7.53. The zero-order chi connectivity index (χ0) is 15.4. The lowest BCUT2D eigenvalue weighted by Gasteiger charge is -2.27. The summed E-state index contributed by atoms with van der Waals surface area (Å²) < 4.78 is 5.07. The van der Waals surface area contributed by atoms with E-state index in [1.54, 1.807) is 24.1 Å². The third-order valence-corrected chi connectivity index (χ3v) is 3.75. The number of nitrogens with one attached hydrogen (secondary N) is 1. The summed E-state index contributed by atoms with van der Waals surface area (Å²) in [5, 5.41) is 6.83. The van der Waals surface area contributed by atoms with Crippen LogP contribution in [0.4, 0.5) is 10.6 Å². The second-order valence-electron chi connectivity index (χ2n) is 5.38. The first kappa shape index (κ1) is 14.5. The third-order valence-electron chi connectivity index (χ3n) is 3.75. The van der Waals surface area contributed by atoms with E-state index >= 15 is 0 Å². The SMILES string of the molecule is Cc1nc(C2CCCCCN2C(=O)Nc2ccccn2)no1. The molecule has 116 valence electrons. The van der Waals surface area contributed by atoms with Crippen molar-refractivity contribution in [1.82, 2.24) is 20.0 Å². The molecule has 1 N–H and O–H groups in total. The molecule has 2 aromatic rings. The Labute approximate surface area is 128 Å². The van der Waals surface area contributed by atoms with E-state index in [4.69, 9.17) is 4.52 Å². The van der Waals surface area contributed by atoms with E-state index in [1.165, 1.54) is 0 Å². The fraction of sp³-hybridized carbons (Fsp3) is 0.467. The smallest absolute Gasteiger partial charge is 0.323 e.